The molecule has 35 heavy (non-hydrogen) atoms. The Hall–Kier alpha value is -4.04. The van der Waals surface area contributed by atoms with Gasteiger partial charge in [0.1, 0.15) is 18.2 Å². The average Bonchev–Trinajstić information content (AvgIpc) is 2.81. The van der Waals surface area contributed by atoms with Crippen molar-refractivity contribution in [1.29, 1.82) is 0 Å². The molecule has 0 saturated carbocycles. The summed E-state index contributed by atoms with van der Waals surface area (Å²) < 4.78 is 31.8. The number of nitrogens with one attached hydrogen (secondary N) is 2. The monoisotopic (exact) mass is 498 g/mol. The second kappa shape index (κ2) is 11.4. The Morgan fingerprint density at radius 2 is 1.74 bits per heavy atom. The smallest absolute Gasteiger partial charge is 0.330 e. The molecule has 3 aromatic rings. The maximum Gasteiger partial charge on any atom is 0.330 e. The third-order valence-electron chi connectivity index (χ3n) is 4.93. The molecule has 0 saturated heterocycles. The lowest BCUT2D eigenvalue weighted by atomic mass is 9.98. The second-order valence-electron chi connectivity index (χ2n) is 7.47. The highest BCUT2D eigenvalue weighted by molar-refractivity contribution is 6.35. The number of esters is 1. The molecule has 0 aliphatic carbocycles. The molecular formula is C26H21ClF2N2O4. The van der Waals surface area contributed by atoms with E-state index in [1.54, 1.807) is 25.1 Å². The fraction of sp³-hybridized carbons (Fsp3) is 0.115. The number of ether oxygens (including phenoxy) is 1. The average molecular weight is 499 g/mol. The number of amides is 1. The van der Waals surface area contributed by atoms with Crippen molar-refractivity contribution in [2.45, 2.75) is 13.3 Å². The standard InChI is InChI=1S/C26H21ClF2N2O4/c1-3-25(33)35-11-10-24(32)31-17-6-4-15(2)20(13-17)26(34)19-8-7-18(14-21(19)27)30-23-9-5-16(28)12-22(23)29/h3-9,12-14,30H,1,10-11H2,2H3,(H,31,32). The van der Waals surface area contributed by atoms with Gasteiger partial charge in [0.2, 0.25) is 5.91 Å². The Balaban J connectivity index is 1.74. The van der Waals surface area contributed by atoms with Crippen molar-refractivity contribution in [3.05, 3.63) is 101 Å². The summed E-state index contributed by atoms with van der Waals surface area (Å²) in [5.41, 5.74) is 2.06. The number of aryl methyl sites for hydroxylation is 1. The number of carbonyl (C=O) groups excluding carboxylic acids is 3. The van der Waals surface area contributed by atoms with E-state index in [1.165, 1.54) is 24.3 Å². The number of benzene rings is 3. The minimum Gasteiger partial charge on any atom is -0.462 e. The molecule has 0 atom stereocenters. The summed E-state index contributed by atoms with van der Waals surface area (Å²) in [5, 5.41) is 5.57. The van der Waals surface area contributed by atoms with E-state index < -0.39 is 23.5 Å². The molecule has 0 aliphatic heterocycles. The number of halogens is 3. The molecule has 1 amide bonds. The third-order valence-corrected chi connectivity index (χ3v) is 5.24. The second-order valence-corrected chi connectivity index (χ2v) is 7.88. The molecule has 9 heteroatoms. The summed E-state index contributed by atoms with van der Waals surface area (Å²) in [6.45, 7) is 4.91. The zero-order valence-corrected chi connectivity index (χ0v) is 19.4. The van der Waals surface area contributed by atoms with Gasteiger partial charge in [0, 0.05) is 34.6 Å². The highest BCUT2D eigenvalue weighted by Crippen LogP contribution is 2.28. The SMILES string of the molecule is C=CC(=O)OCCC(=O)Nc1ccc(C)c(C(=O)c2ccc(Nc3ccc(F)cc3F)cc2Cl)c1. The predicted octanol–water partition coefficient (Wildman–Crippen LogP) is 5.96. The molecule has 6 nitrogen and oxygen atoms in total. The Kier molecular flexibility index (Phi) is 8.33. The van der Waals surface area contributed by atoms with Crippen molar-refractivity contribution in [2.24, 2.45) is 0 Å². The van der Waals surface area contributed by atoms with Crippen molar-refractivity contribution in [2.75, 3.05) is 17.2 Å². The molecule has 0 aliphatic rings. The number of hydrogen-bond donors (Lipinski definition) is 2. The van der Waals surface area contributed by atoms with Gasteiger partial charge in [-0.25, -0.2) is 13.6 Å². The van der Waals surface area contributed by atoms with E-state index in [1.807, 2.05) is 0 Å². The largest absolute Gasteiger partial charge is 0.462 e. The molecule has 3 aromatic carbocycles. The van der Waals surface area contributed by atoms with Crippen molar-refractivity contribution >= 4 is 46.3 Å². The highest BCUT2D eigenvalue weighted by atomic mass is 35.5. The lowest BCUT2D eigenvalue weighted by Gasteiger charge is -2.12. The van der Waals surface area contributed by atoms with Crippen LogP contribution in [0.4, 0.5) is 25.8 Å². The molecule has 0 fully saturated rings. The normalized spacial score (nSPS) is 10.4. The Labute approximate surface area is 205 Å². The highest BCUT2D eigenvalue weighted by Gasteiger charge is 2.17. The molecule has 0 unspecified atom stereocenters. The van der Waals surface area contributed by atoms with Crippen LogP contribution in [0, 0.1) is 18.6 Å². The first kappa shape index (κ1) is 25.6. The van der Waals surface area contributed by atoms with E-state index >= 15 is 0 Å². The van der Waals surface area contributed by atoms with Crippen LogP contribution in [0.25, 0.3) is 0 Å². The van der Waals surface area contributed by atoms with Gasteiger partial charge < -0.3 is 15.4 Å². The quantitative estimate of drug-likeness (QED) is 0.216. The predicted molar refractivity (Wildman–Crippen MR) is 130 cm³/mol. The molecular weight excluding hydrogens is 478 g/mol. The van der Waals surface area contributed by atoms with Gasteiger partial charge in [-0.05, 0) is 55.0 Å². The number of carbonyl (C=O) groups is 3. The first-order chi connectivity index (χ1) is 16.7. The van der Waals surface area contributed by atoms with Crippen LogP contribution in [0.2, 0.25) is 5.02 Å². The van der Waals surface area contributed by atoms with Crippen molar-refractivity contribution in [3.63, 3.8) is 0 Å². The van der Waals surface area contributed by atoms with Gasteiger partial charge in [-0.2, -0.15) is 0 Å². The van der Waals surface area contributed by atoms with Crippen LogP contribution in [0.15, 0.2) is 67.3 Å². The molecule has 2 N–H and O–H groups in total. The number of ketones is 1. The Bertz CT molecular complexity index is 1310. The van der Waals surface area contributed by atoms with Crippen LogP contribution in [-0.4, -0.2) is 24.3 Å². The summed E-state index contributed by atoms with van der Waals surface area (Å²) in [5.74, 6) is -2.86. The summed E-state index contributed by atoms with van der Waals surface area (Å²) in [6, 6.07) is 12.5. The van der Waals surface area contributed by atoms with E-state index in [0.29, 0.717) is 22.5 Å². The van der Waals surface area contributed by atoms with E-state index in [9.17, 15) is 23.2 Å². The number of rotatable bonds is 9. The molecule has 180 valence electrons. The zero-order chi connectivity index (χ0) is 25.5. The van der Waals surface area contributed by atoms with E-state index in [0.717, 1.165) is 18.2 Å². The third kappa shape index (κ3) is 6.74. The lowest BCUT2D eigenvalue weighted by molar-refractivity contribution is -0.138. The van der Waals surface area contributed by atoms with Crippen molar-refractivity contribution in [1.82, 2.24) is 0 Å². The Morgan fingerprint density at radius 1 is 1.00 bits per heavy atom. The van der Waals surface area contributed by atoms with E-state index in [2.05, 4.69) is 17.2 Å². The molecule has 0 spiro atoms. The van der Waals surface area contributed by atoms with Gasteiger partial charge in [0.15, 0.2) is 5.78 Å². The number of anilines is 3. The van der Waals surface area contributed by atoms with Crippen LogP contribution in [-0.2, 0) is 14.3 Å². The maximum atomic E-state index is 13.9. The summed E-state index contributed by atoms with van der Waals surface area (Å²) in [7, 11) is 0. The molecule has 0 heterocycles. The van der Waals surface area contributed by atoms with Crippen LogP contribution in [0.5, 0.6) is 0 Å². The first-order valence-corrected chi connectivity index (χ1v) is 10.8. The first-order valence-electron chi connectivity index (χ1n) is 10.4. The minimum absolute atomic E-state index is 0.0556. The molecule has 3 rings (SSSR count). The minimum atomic E-state index is -0.769. The van der Waals surface area contributed by atoms with Crippen molar-refractivity contribution in [3.8, 4) is 0 Å². The molecule has 0 aromatic heterocycles. The van der Waals surface area contributed by atoms with Gasteiger partial charge in [-0.3, -0.25) is 9.59 Å². The maximum absolute atomic E-state index is 13.9. The fourth-order valence-corrected chi connectivity index (χ4v) is 3.41. The van der Waals surface area contributed by atoms with E-state index in [4.69, 9.17) is 16.3 Å². The summed E-state index contributed by atoms with van der Waals surface area (Å²) in [6.07, 6.45) is 0.941. The lowest BCUT2D eigenvalue weighted by Crippen LogP contribution is -2.16. The van der Waals surface area contributed by atoms with Crippen LogP contribution in [0.1, 0.15) is 27.9 Å². The topological polar surface area (TPSA) is 84.5 Å². The van der Waals surface area contributed by atoms with Gasteiger partial charge in [-0.1, -0.05) is 24.2 Å². The van der Waals surface area contributed by atoms with Gasteiger partial charge >= 0.3 is 5.97 Å². The molecule has 0 bridgehead atoms. The Morgan fingerprint density at radius 3 is 2.43 bits per heavy atom. The van der Waals surface area contributed by atoms with Crippen LogP contribution in [0.3, 0.4) is 0 Å². The van der Waals surface area contributed by atoms with Gasteiger partial charge in [-0.15, -0.1) is 0 Å². The van der Waals surface area contributed by atoms with Crippen molar-refractivity contribution < 1.29 is 27.9 Å². The van der Waals surface area contributed by atoms with Gasteiger partial charge in [0.05, 0.1) is 17.1 Å². The van der Waals surface area contributed by atoms with Gasteiger partial charge in [0.25, 0.3) is 0 Å². The van der Waals surface area contributed by atoms with E-state index in [-0.39, 0.29) is 35.1 Å². The summed E-state index contributed by atoms with van der Waals surface area (Å²) in [4.78, 5) is 36.4. The van der Waals surface area contributed by atoms with Crippen LogP contribution < -0.4 is 10.6 Å². The number of hydrogen-bond acceptors (Lipinski definition) is 5. The molecule has 0 radical (unpaired) electrons. The zero-order valence-electron chi connectivity index (χ0n) is 18.7. The fourth-order valence-electron chi connectivity index (χ4n) is 3.14. The summed E-state index contributed by atoms with van der Waals surface area (Å²) >= 11 is 6.34. The van der Waals surface area contributed by atoms with Crippen LogP contribution >= 0.6 is 11.6 Å².